The van der Waals surface area contributed by atoms with Gasteiger partial charge in [-0.3, -0.25) is 54.1 Å². The van der Waals surface area contributed by atoms with Gasteiger partial charge in [0, 0.05) is 53.8 Å². The molecule has 2 atom stereocenters. The number of carbonyl (C=O) groups is 5. The molecule has 3 aliphatic heterocycles. The fourth-order valence-electron chi connectivity index (χ4n) is 6.87. The second kappa shape index (κ2) is 21.3. The van der Waals surface area contributed by atoms with Crippen molar-refractivity contribution in [2.45, 2.75) is 32.0 Å². The largest absolute Gasteiger partial charge is 0.466 e. The van der Waals surface area contributed by atoms with Gasteiger partial charge in [-0.15, -0.1) is 0 Å². The van der Waals surface area contributed by atoms with Crippen LogP contribution in [-0.4, -0.2) is 129 Å². The van der Waals surface area contributed by atoms with Crippen molar-refractivity contribution in [3.63, 3.8) is 0 Å². The zero-order valence-electron chi connectivity index (χ0n) is 35.0. The van der Waals surface area contributed by atoms with Crippen LogP contribution in [-0.2, 0) is 33.3 Å². The smallest absolute Gasteiger partial charge is 0.414 e. The molecule has 0 spiro atoms. The van der Waals surface area contributed by atoms with Gasteiger partial charge in [-0.2, -0.15) is 8.42 Å². The van der Waals surface area contributed by atoms with E-state index in [-0.39, 0.29) is 42.8 Å². The highest BCUT2D eigenvalue weighted by atomic mass is 32.2. The van der Waals surface area contributed by atoms with Gasteiger partial charge in [0.2, 0.25) is 0 Å². The van der Waals surface area contributed by atoms with Crippen LogP contribution >= 0.6 is 0 Å². The van der Waals surface area contributed by atoms with E-state index in [9.17, 15) is 32.4 Å². The molecule has 4 N–H and O–H groups in total. The number of likely N-dealkylation sites (tertiary alicyclic amines) is 1. The van der Waals surface area contributed by atoms with Crippen molar-refractivity contribution in [2.75, 3.05) is 62.0 Å². The van der Waals surface area contributed by atoms with Crippen LogP contribution in [0, 0.1) is 16.7 Å². The number of carbonyl (C=O) groups excluding carboxylic acids is 5. The molecule has 5 heterocycles. The SMILES string of the molecule is CCOC(=O)C1CCN(CC2CN(c3ccc(C(=N)NC(=O)c4cccnc4)cc3)C(=O)O2)CC1.CS(=O)(=O)OCC1CN(c2ccc(C(=N)NC(=O)c3cccnc3)cc2)C(=O)O1. The van der Waals surface area contributed by atoms with Crippen molar-refractivity contribution in [3.8, 4) is 0 Å². The lowest BCUT2D eigenvalue weighted by Gasteiger charge is -2.31. The minimum atomic E-state index is -3.63. The molecule has 3 fully saturated rings. The van der Waals surface area contributed by atoms with Gasteiger partial charge in [0.15, 0.2) is 0 Å². The average molecular weight is 898 g/mol. The van der Waals surface area contributed by atoms with Crippen molar-refractivity contribution in [1.82, 2.24) is 25.5 Å². The Balaban J connectivity index is 0.000000216. The molecule has 0 bridgehead atoms. The Labute approximate surface area is 369 Å². The molecule has 64 heavy (non-hydrogen) atoms. The third-order valence-corrected chi connectivity index (χ3v) is 10.7. The summed E-state index contributed by atoms with van der Waals surface area (Å²) in [4.78, 5) is 73.6. The number of benzene rings is 2. The quantitative estimate of drug-likeness (QED) is 0.0492. The van der Waals surface area contributed by atoms with Gasteiger partial charge in [-0.1, -0.05) is 0 Å². The molecule has 0 aliphatic carbocycles. The topological polar surface area (TPSA) is 264 Å². The van der Waals surface area contributed by atoms with Crippen LogP contribution in [0.4, 0.5) is 21.0 Å². The van der Waals surface area contributed by atoms with Gasteiger partial charge in [0.25, 0.3) is 21.9 Å². The van der Waals surface area contributed by atoms with Crippen molar-refractivity contribution >= 4 is 63.1 Å². The molecular weight excluding hydrogens is 851 g/mol. The molecule has 21 heteroatoms. The number of cyclic esters (lactones) is 2. The normalized spacial score (nSPS) is 17.7. The summed E-state index contributed by atoms with van der Waals surface area (Å²) in [5.74, 6) is -1.19. The van der Waals surface area contributed by atoms with Crippen LogP contribution in [0.1, 0.15) is 51.6 Å². The zero-order valence-corrected chi connectivity index (χ0v) is 35.8. The first-order valence-electron chi connectivity index (χ1n) is 20.2. The number of hydrogen-bond acceptors (Lipinski definition) is 16. The molecule has 3 saturated heterocycles. The minimum absolute atomic E-state index is 0.0431. The molecule has 2 aromatic carbocycles. The highest BCUT2D eigenvalue weighted by molar-refractivity contribution is 7.86. The highest BCUT2D eigenvalue weighted by Crippen LogP contribution is 2.26. The second-order valence-electron chi connectivity index (χ2n) is 14.8. The predicted molar refractivity (Wildman–Crippen MR) is 232 cm³/mol. The van der Waals surface area contributed by atoms with E-state index in [1.165, 1.54) is 17.3 Å². The van der Waals surface area contributed by atoms with Crippen molar-refractivity contribution in [1.29, 1.82) is 10.8 Å². The lowest BCUT2D eigenvalue weighted by molar-refractivity contribution is -0.149. The molecular formula is C43H47N9O11S. The van der Waals surface area contributed by atoms with E-state index >= 15 is 0 Å². The number of anilines is 2. The van der Waals surface area contributed by atoms with E-state index in [1.807, 2.05) is 6.92 Å². The summed E-state index contributed by atoms with van der Waals surface area (Å²) in [6.07, 6.45) is 6.34. The van der Waals surface area contributed by atoms with Crippen LogP contribution in [0.3, 0.4) is 0 Å². The molecule has 3 aliphatic rings. The first-order chi connectivity index (χ1) is 30.7. The van der Waals surface area contributed by atoms with E-state index in [2.05, 4.69) is 29.7 Å². The number of rotatable bonds is 13. The molecule has 2 aromatic heterocycles. The Bertz CT molecular complexity index is 2440. The third kappa shape index (κ3) is 12.7. The molecule has 2 unspecified atom stereocenters. The monoisotopic (exact) mass is 897 g/mol. The molecule has 0 radical (unpaired) electrons. The molecule has 20 nitrogen and oxygen atoms in total. The molecule has 0 saturated carbocycles. The van der Waals surface area contributed by atoms with Crippen LogP contribution in [0.25, 0.3) is 0 Å². The number of piperidine rings is 1. The maximum atomic E-state index is 12.5. The van der Waals surface area contributed by atoms with Gasteiger partial charge in [-0.25, -0.2) is 9.59 Å². The van der Waals surface area contributed by atoms with Gasteiger partial charge in [0.1, 0.15) is 30.5 Å². The number of nitrogens with one attached hydrogen (secondary N) is 4. The Hall–Kier alpha value is -7.10. The summed E-state index contributed by atoms with van der Waals surface area (Å²) >= 11 is 0. The predicted octanol–water partition coefficient (Wildman–Crippen LogP) is 3.58. The number of ether oxygens (including phenoxy) is 3. The van der Waals surface area contributed by atoms with E-state index in [0.29, 0.717) is 53.3 Å². The number of hydrogen-bond donors (Lipinski definition) is 4. The Kier molecular flexibility index (Phi) is 15.5. The van der Waals surface area contributed by atoms with Gasteiger partial charge < -0.3 is 24.8 Å². The number of esters is 1. The molecule has 4 aromatic rings. The summed E-state index contributed by atoms with van der Waals surface area (Å²) in [6.45, 7) is 4.64. The summed E-state index contributed by atoms with van der Waals surface area (Å²) in [7, 11) is -3.63. The van der Waals surface area contributed by atoms with Crippen molar-refractivity contribution < 1.29 is 50.8 Å². The number of amidine groups is 2. The summed E-state index contributed by atoms with van der Waals surface area (Å²) in [5.41, 5.74) is 2.82. The van der Waals surface area contributed by atoms with Crippen LogP contribution < -0.4 is 20.4 Å². The third-order valence-electron chi connectivity index (χ3n) is 10.1. The lowest BCUT2D eigenvalue weighted by Crippen LogP contribution is -2.41. The fourth-order valence-corrected chi connectivity index (χ4v) is 7.27. The van der Waals surface area contributed by atoms with E-state index in [0.717, 1.165) is 32.2 Å². The van der Waals surface area contributed by atoms with Gasteiger partial charge in [0.05, 0.1) is 43.0 Å². The lowest BCUT2D eigenvalue weighted by atomic mass is 9.97. The van der Waals surface area contributed by atoms with Gasteiger partial charge >= 0.3 is 18.2 Å². The van der Waals surface area contributed by atoms with Crippen LogP contribution in [0.2, 0.25) is 0 Å². The first kappa shape index (κ1) is 46.4. The average Bonchev–Trinajstić information content (AvgIpc) is 3.87. The standard InChI is InChI=1S/C25H29N5O5.C18H18N4O6S/c1-2-34-24(32)18-9-12-29(13-10-18)15-21-16-30(25(33)35-21)20-7-5-17(6-8-20)22(26)28-23(31)19-4-3-11-27-14-19;1-29(25,26)27-11-15-10-22(18(24)28-15)14-6-4-12(5-7-14)16(19)21-17(23)13-3-2-8-20-9-13/h3-8,11,14,18,21H,2,9-10,12-13,15-16H2,1H3,(H2,26,28,31);2-9,15H,10-11H2,1H3,(H2,19,21,23). The van der Waals surface area contributed by atoms with E-state index < -0.39 is 40.2 Å². The fraction of sp³-hybridized carbons (Fsp3) is 0.326. The highest BCUT2D eigenvalue weighted by Gasteiger charge is 2.36. The van der Waals surface area contributed by atoms with Crippen LogP contribution in [0.5, 0.6) is 0 Å². The second-order valence-corrected chi connectivity index (χ2v) is 16.4. The summed E-state index contributed by atoms with van der Waals surface area (Å²) in [5, 5.41) is 21.2. The number of nitrogens with zero attached hydrogens (tertiary/aromatic N) is 5. The first-order valence-corrected chi connectivity index (χ1v) is 22.0. The Morgan fingerprint density at radius 3 is 1.64 bits per heavy atom. The van der Waals surface area contributed by atoms with Gasteiger partial charge in [-0.05, 0) is 106 Å². The molecule has 336 valence electrons. The van der Waals surface area contributed by atoms with E-state index in [4.69, 9.17) is 25.0 Å². The Morgan fingerprint density at radius 1 is 0.734 bits per heavy atom. The number of amides is 4. The zero-order chi connectivity index (χ0) is 45.8. The van der Waals surface area contributed by atoms with Crippen LogP contribution in [0.15, 0.2) is 97.6 Å². The minimum Gasteiger partial charge on any atom is -0.466 e. The van der Waals surface area contributed by atoms with E-state index in [1.54, 1.807) is 90.1 Å². The number of pyridine rings is 2. The van der Waals surface area contributed by atoms with Crippen molar-refractivity contribution in [2.24, 2.45) is 5.92 Å². The molecule has 4 amide bonds. The maximum absolute atomic E-state index is 12.5. The number of aromatic nitrogens is 2. The summed E-state index contributed by atoms with van der Waals surface area (Å²) < 4.78 is 42.6. The van der Waals surface area contributed by atoms with Crippen molar-refractivity contribution in [3.05, 3.63) is 120 Å². The Morgan fingerprint density at radius 2 is 1.20 bits per heavy atom. The maximum Gasteiger partial charge on any atom is 0.414 e. The molecule has 7 rings (SSSR count). The summed E-state index contributed by atoms with van der Waals surface area (Å²) in [6, 6.07) is 19.7.